The van der Waals surface area contributed by atoms with Gasteiger partial charge in [-0.15, -0.1) is 0 Å². The maximum absolute atomic E-state index is 13.8. The van der Waals surface area contributed by atoms with Crippen molar-refractivity contribution in [2.45, 2.75) is 13.8 Å². The van der Waals surface area contributed by atoms with Crippen LogP contribution >= 0.6 is 11.6 Å². The number of nitrogens with zero attached hydrogens (tertiary/aromatic N) is 1. The highest BCUT2D eigenvalue weighted by Gasteiger charge is 2.18. The molecule has 1 aromatic heterocycles. The van der Waals surface area contributed by atoms with Gasteiger partial charge in [-0.1, -0.05) is 47.5 Å². The van der Waals surface area contributed by atoms with Gasteiger partial charge in [-0.3, -0.25) is 15.4 Å². The van der Waals surface area contributed by atoms with Crippen LogP contribution in [0.1, 0.15) is 21.6 Å². The first-order valence-electron chi connectivity index (χ1n) is 8.46. The maximum Gasteiger partial charge on any atom is 0.327 e. The van der Waals surface area contributed by atoms with Crippen LogP contribution in [0.3, 0.4) is 0 Å². The van der Waals surface area contributed by atoms with E-state index in [2.05, 4.69) is 10.3 Å². The fourth-order valence-corrected chi connectivity index (χ4v) is 2.95. The molecule has 2 N–H and O–H groups in total. The quantitative estimate of drug-likeness (QED) is 0.644. The molecule has 2 aromatic carbocycles. The van der Waals surface area contributed by atoms with Gasteiger partial charge in [-0.05, 0) is 43.7 Å². The Morgan fingerprint density at radius 2 is 1.71 bits per heavy atom. The van der Waals surface area contributed by atoms with Crippen molar-refractivity contribution in [2.24, 2.45) is 0 Å². The van der Waals surface area contributed by atoms with Gasteiger partial charge in [0.2, 0.25) is 0 Å². The molecular weight excluding hydrogens is 381 g/mol. The summed E-state index contributed by atoms with van der Waals surface area (Å²) in [5.74, 6) is -1.49. The fraction of sp³-hybridized carbons (Fsp3) is 0.0952. The lowest BCUT2D eigenvalue weighted by molar-refractivity contribution is 0.0963. The number of aryl methyl sites for hydroxylation is 2. The molecule has 3 amide bonds. The summed E-state index contributed by atoms with van der Waals surface area (Å²) in [6.45, 7) is 3.83. The van der Waals surface area contributed by atoms with Crippen LogP contribution in [0.5, 0.6) is 0 Å². The zero-order valence-corrected chi connectivity index (χ0v) is 16.0. The third-order valence-corrected chi connectivity index (χ3v) is 4.42. The highest BCUT2D eigenvalue weighted by Crippen LogP contribution is 2.24. The van der Waals surface area contributed by atoms with Gasteiger partial charge in [0.25, 0.3) is 5.91 Å². The van der Waals surface area contributed by atoms with Crippen LogP contribution in [-0.4, -0.2) is 16.9 Å². The van der Waals surface area contributed by atoms with Crippen LogP contribution in [0.25, 0.3) is 11.1 Å². The first-order chi connectivity index (χ1) is 13.3. The van der Waals surface area contributed by atoms with E-state index in [-0.39, 0.29) is 10.8 Å². The molecule has 0 aliphatic rings. The van der Waals surface area contributed by atoms with Crippen LogP contribution in [0.15, 0.2) is 54.6 Å². The molecule has 3 rings (SSSR count). The first-order valence-corrected chi connectivity index (χ1v) is 8.84. The second kappa shape index (κ2) is 8.19. The van der Waals surface area contributed by atoms with Crippen molar-refractivity contribution in [2.75, 3.05) is 5.32 Å². The van der Waals surface area contributed by atoms with Gasteiger partial charge < -0.3 is 0 Å². The van der Waals surface area contributed by atoms with Crippen molar-refractivity contribution in [1.29, 1.82) is 0 Å². The molecule has 0 radical (unpaired) electrons. The van der Waals surface area contributed by atoms with Crippen LogP contribution in [0.4, 0.5) is 15.0 Å². The molecule has 5 nitrogen and oxygen atoms in total. The third-order valence-electron chi connectivity index (χ3n) is 4.11. The van der Waals surface area contributed by atoms with E-state index in [1.165, 1.54) is 12.1 Å². The maximum atomic E-state index is 13.8. The van der Waals surface area contributed by atoms with E-state index >= 15 is 0 Å². The summed E-state index contributed by atoms with van der Waals surface area (Å²) >= 11 is 5.83. The molecule has 0 bridgehead atoms. The minimum atomic E-state index is -0.936. The number of nitrogens with one attached hydrogen (secondary N) is 2. The van der Waals surface area contributed by atoms with Gasteiger partial charge in [0.1, 0.15) is 11.6 Å². The topological polar surface area (TPSA) is 71.1 Å². The summed E-state index contributed by atoms with van der Waals surface area (Å²) < 4.78 is 13.8. The molecule has 142 valence electrons. The molecule has 28 heavy (non-hydrogen) atoms. The van der Waals surface area contributed by atoms with E-state index in [0.717, 1.165) is 22.8 Å². The average molecular weight is 398 g/mol. The number of aromatic nitrogens is 1. The first kappa shape index (κ1) is 19.5. The highest BCUT2D eigenvalue weighted by atomic mass is 35.5. The molecule has 0 aliphatic carbocycles. The summed E-state index contributed by atoms with van der Waals surface area (Å²) in [5, 5.41) is 4.43. The Balaban J connectivity index is 1.71. The summed E-state index contributed by atoms with van der Waals surface area (Å²) in [6.07, 6.45) is 0. The van der Waals surface area contributed by atoms with E-state index in [4.69, 9.17) is 11.6 Å². The van der Waals surface area contributed by atoms with Crippen molar-refractivity contribution in [1.82, 2.24) is 10.3 Å². The predicted octanol–water partition coefficient (Wildman–Crippen LogP) is 5.12. The molecule has 0 spiro atoms. The molecule has 0 aliphatic heterocycles. The Morgan fingerprint density at radius 3 is 2.36 bits per heavy atom. The van der Waals surface area contributed by atoms with E-state index < -0.39 is 23.3 Å². The van der Waals surface area contributed by atoms with Crippen molar-refractivity contribution in [3.8, 4) is 11.1 Å². The normalized spacial score (nSPS) is 10.4. The monoisotopic (exact) mass is 397 g/mol. The van der Waals surface area contributed by atoms with Crippen molar-refractivity contribution >= 4 is 29.4 Å². The van der Waals surface area contributed by atoms with Crippen molar-refractivity contribution in [3.63, 3.8) is 0 Å². The van der Waals surface area contributed by atoms with Crippen LogP contribution in [0.2, 0.25) is 5.02 Å². The van der Waals surface area contributed by atoms with Gasteiger partial charge in [0.05, 0.1) is 10.6 Å². The minimum absolute atomic E-state index is 0.0817. The summed E-state index contributed by atoms with van der Waals surface area (Å²) in [6, 6.07) is 14.5. The molecule has 3 aromatic rings. The summed E-state index contributed by atoms with van der Waals surface area (Å²) in [5.41, 5.74) is 3.42. The van der Waals surface area contributed by atoms with Gasteiger partial charge in [-0.25, -0.2) is 14.2 Å². The fourth-order valence-electron chi connectivity index (χ4n) is 2.70. The number of carbonyl (C=O) groups excluding carboxylic acids is 2. The molecule has 1 heterocycles. The number of hydrogen-bond acceptors (Lipinski definition) is 3. The Kier molecular flexibility index (Phi) is 5.70. The van der Waals surface area contributed by atoms with Gasteiger partial charge in [0, 0.05) is 11.3 Å². The summed E-state index contributed by atoms with van der Waals surface area (Å²) in [7, 11) is 0. The molecular formula is C21H17ClFN3O2. The number of hydrogen-bond donors (Lipinski definition) is 2. The molecule has 0 atom stereocenters. The van der Waals surface area contributed by atoms with Crippen LogP contribution in [0, 0.1) is 19.7 Å². The van der Waals surface area contributed by atoms with E-state index in [1.54, 1.807) is 6.07 Å². The lowest BCUT2D eigenvalue weighted by Crippen LogP contribution is -2.35. The van der Waals surface area contributed by atoms with Crippen molar-refractivity contribution in [3.05, 3.63) is 82.3 Å². The second-order valence-corrected chi connectivity index (χ2v) is 6.61. The lowest BCUT2D eigenvalue weighted by Gasteiger charge is -2.10. The lowest BCUT2D eigenvalue weighted by atomic mass is 10.0. The standard InChI is InChI=1S/C21H17ClFN3O2/c1-12-6-8-14(9-7-12)15-10-11-18(24-13(15)2)25-21(28)26-20(27)19-16(22)4-3-5-17(19)23/h3-11H,1-2H3,(H2,24,25,26,27,28). The summed E-state index contributed by atoms with van der Waals surface area (Å²) in [4.78, 5) is 28.5. The van der Waals surface area contributed by atoms with Gasteiger partial charge >= 0.3 is 6.03 Å². The predicted molar refractivity (Wildman–Crippen MR) is 107 cm³/mol. The number of anilines is 1. The van der Waals surface area contributed by atoms with Crippen LogP contribution in [-0.2, 0) is 0 Å². The second-order valence-electron chi connectivity index (χ2n) is 6.20. The number of rotatable bonds is 3. The minimum Gasteiger partial charge on any atom is -0.292 e. The molecule has 0 fully saturated rings. The SMILES string of the molecule is Cc1ccc(-c2ccc(NC(=O)NC(=O)c3c(F)cccc3Cl)nc2C)cc1. The molecule has 0 unspecified atom stereocenters. The van der Waals surface area contributed by atoms with Crippen LogP contribution < -0.4 is 10.6 Å². The van der Waals surface area contributed by atoms with E-state index in [0.29, 0.717) is 5.69 Å². The smallest absolute Gasteiger partial charge is 0.292 e. The Bertz CT molecular complexity index is 1030. The number of benzene rings is 2. The highest BCUT2D eigenvalue weighted by molar-refractivity contribution is 6.34. The van der Waals surface area contributed by atoms with Crippen molar-refractivity contribution < 1.29 is 14.0 Å². The van der Waals surface area contributed by atoms with Gasteiger partial charge in [-0.2, -0.15) is 0 Å². The number of urea groups is 1. The van der Waals surface area contributed by atoms with Gasteiger partial charge in [0.15, 0.2) is 0 Å². The zero-order valence-electron chi connectivity index (χ0n) is 15.2. The Hall–Kier alpha value is -3.25. The Labute approximate surface area is 166 Å². The van der Waals surface area contributed by atoms with E-state index in [1.807, 2.05) is 49.5 Å². The number of imide groups is 1. The average Bonchev–Trinajstić information content (AvgIpc) is 2.62. The third kappa shape index (κ3) is 4.35. The molecule has 0 saturated carbocycles. The molecule has 0 saturated heterocycles. The number of amides is 3. The Morgan fingerprint density at radius 1 is 1.00 bits per heavy atom. The van der Waals surface area contributed by atoms with E-state index in [9.17, 15) is 14.0 Å². The zero-order chi connectivity index (χ0) is 20.3. The largest absolute Gasteiger partial charge is 0.327 e. The molecule has 7 heteroatoms. The number of halogens is 2. The number of carbonyl (C=O) groups is 2. The number of pyridine rings is 1.